The van der Waals surface area contributed by atoms with Crippen LogP contribution in [0, 0.1) is 5.92 Å². The van der Waals surface area contributed by atoms with E-state index in [-0.39, 0.29) is 31.8 Å². The lowest BCUT2D eigenvalue weighted by molar-refractivity contribution is -0.146. The van der Waals surface area contributed by atoms with Gasteiger partial charge in [-0.1, -0.05) is 57.6 Å². The van der Waals surface area contributed by atoms with Crippen molar-refractivity contribution in [3.8, 4) is 0 Å². The van der Waals surface area contributed by atoms with E-state index in [2.05, 4.69) is 13.0 Å². The number of unbranched alkanes of at least 4 members (excludes halogenated alkanes) is 8. The van der Waals surface area contributed by atoms with Gasteiger partial charge in [0, 0.05) is 18.8 Å². The molecule has 164 valence electrons. The highest BCUT2D eigenvalue weighted by Gasteiger charge is 2.09. The summed E-state index contributed by atoms with van der Waals surface area (Å²) in [4.78, 5) is 23.1. The molecule has 0 heterocycles. The van der Waals surface area contributed by atoms with Gasteiger partial charge >= 0.3 is 11.9 Å². The van der Waals surface area contributed by atoms with E-state index in [9.17, 15) is 9.59 Å². The van der Waals surface area contributed by atoms with Gasteiger partial charge in [0.2, 0.25) is 0 Å². The Kier molecular flexibility index (Phi) is 19.3. The average Bonchev–Trinajstić information content (AvgIpc) is 2.70. The molecule has 0 unspecified atom stereocenters. The fourth-order valence-electron chi connectivity index (χ4n) is 2.60. The number of carbonyl (C=O) groups excluding carboxylic acids is 2. The summed E-state index contributed by atoms with van der Waals surface area (Å²) >= 11 is 0. The molecule has 0 bridgehead atoms. The van der Waals surface area contributed by atoms with Crippen molar-refractivity contribution >= 4 is 11.9 Å². The summed E-state index contributed by atoms with van der Waals surface area (Å²) in [7, 11) is 0. The third-order valence-corrected chi connectivity index (χ3v) is 4.49. The van der Waals surface area contributed by atoms with E-state index in [0.717, 1.165) is 38.5 Å². The van der Waals surface area contributed by atoms with Gasteiger partial charge < -0.3 is 19.7 Å². The Morgan fingerprint density at radius 1 is 0.786 bits per heavy atom. The van der Waals surface area contributed by atoms with E-state index in [0.29, 0.717) is 19.4 Å². The average molecular weight is 401 g/mol. The summed E-state index contributed by atoms with van der Waals surface area (Å²) < 4.78 is 10.2. The summed E-state index contributed by atoms with van der Waals surface area (Å²) in [6, 6.07) is 0. The van der Waals surface area contributed by atoms with Crippen molar-refractivity contribution in [3.63, 3.8) is 0 Å². The van der Waals surface area contributed by atoms with Crippen molar-refractivity contribution in [1.82, 2.24) is 0 Å². The van der Waals surface area contributed by atoms with Gasteiger partial charge in [-0.3, -0.25) is 9.59 Å². The van der Waals surface area contributed by atoms with Gasteiger partial charge in [-0.25, -0.2) is 0 Å². The van der Waals surface area contributed by atoms with Gasteiger partial charge in [0.15, 0.2) is 0 Å². The second-order valence-electron chi connectivity index (χ2n) is 7.19. The predicted octanol–water partition coefficient (Wildman–Crippen LogP) is 3.93. The normalized spacial score (nSPS) is 11.3. The molecule has 0 aromatic heterocycles. The van der Waals surface area contributed by atoms with E-state index in [1.54, 1.807) is 0 Å². The molecule has 0 aromatic rings. The molecular weight excluding hydrogens is 360 g/mol. The molecule has 0 aliphatic heterocycles. The summed E-state index contributed by atoms with van der Waals surface area (Å²) in [5.41, 5.74) is 0. The highest BCUT2D eigenvalue weighted by atomic mass is 16.5. The lowest BCUT2D eigenvalue weighted by Crippen LogP contribution is -2.20. The first-order valence-corrected chi connectivity index (χ1v) is 10.8. The predicted molar refractivity (Wildman–Crippen MR) is 110 cm³/mol. The monoisotopic (exact) mass is 400 g/mol. The van der Waals surface area contributed by atoms with E-state index in [4.69, 9.17) is 19.7 Å². The van der Waals surface area contributed by atoms with Crippen LogP contribution in [-0.4, -0.2) is 48.6 Å². The number of hydrogen-bond donors (Lipinski definition) is 2. The molecule has 6 heteroatoms. The van der Waals surface area contributed by atoms with E-state index >= 15 is 0 Å². The minimum absolute atomic E-state index is 0.0575. The van der Waals surface area contributed by atoms with Crippen LogP contribution in [0.5, 0.6) is 0 Å². The van der Waals surface area contributed by atoms with Gasteiger partial charge in [-0.15, -0.1) is 0 Å². The molecule has 28 heavy (non-hydrogen) atoms. The second-order valence-corrected chi connectivity index (χ2v) is 7.19. The Bertz CT molecular complexity index is 404. The highest BCUT2D eigenvalue weighted by Crippen LogP contribution is 2.09. The fourth-order valence-corrected chi connectivity index (χ4v) is 2.60. The Morgan fingerprint density at radius 3 is 1.96 bits per heavy atom. The van der Waals surface area contributed by atoms with Crippen LogP contribution in [0.15, 0.2) is 12.2 Å². The summed E-state index contributed by atoms with van der Waals surface area (Å²) in [5, 5.41) is 17.8. The first-order chi connectivity index (χ1) is 13.6. The lowest BCUT2D eigenvalue weighted by atomic mass is 10.1. The van der Waals surface area contributed by atoms with Crippen molar-refractivity contribution in [2.45, 2.75) is 84.0 Å². The molecule has 2 N–H and O–H groups in total. The smallest absolute Gasteiger partial charge is 0.306 e. The van der Waals surface area contributed by atoms with E-state index in [1.165, 1.54) is 25.7 Å². The largest absolute Gasteiger partial charge is 0.465 e. The number of carbonyl (C=O) groups is 2. The van der Waals surface area contributed by atoms with Crippen molar-refractivity contribution in [3.05, 3.63) is 12.2 Å². The Hall–Kier alpha value is -1.40. The topological polar surface area (TPSA) is 93.1 Å². The molecule has 0 saturated heterocycles. The maximum atomic E-state index is 11.6. The number of ether oxygens (including phenoxy) is 2. The molecule has 0 aliphatic carbocycles. The van der Waals surface area contributed by atoms with Crippen LogP contribution < -0.4 is 0 Å². The molecule has 0 aromatic carbocycles. The SMILES string of the molecule is CCCCCCC=CCOC(=O)CCCCCCCC(=O)OCC(CO)CO. The van der Waals surface area contributed by atoms with Gasteiger partial charge in [0.25, 0.3) is 0 Å². The van der Waals surface area contributed by atoms with Crippen molar-refractivity contribution in [2.75, 3.05) is 26.4 Å². The van der Waals surface area contributed by atoms with Crippen LogP contribution in [0.2, 0.25) is 0 Å². The Labute approximate surface area is 170 Å². The first-order valence-electron chi connectivity index (χ1n) is 10.8. The van der Waals surface area contributed by atoms with E-state index in [1.807, 2.05) is 6.08 Å². The fraction of sp³-hybridized carbons (Fsp3) is 0.818. The summed E-state index contributed by atoms with van der Waals surface area (Å²) in [6.45, 7) is 2.23. The molecule has 0 rings (SSSR count). The number of esters is 2. The lowest BCUT2D eigenvalue weighted by Gasteiger charge is -2.11. The van der Waals surface area contributed by atoms with Gasteiger partial charge in [-0.05, 0) is 25.7 Å². The summed E-state index contributed by atoms with van der Waals surface area (Å²) in [6.07, 6.45) is 15.2. The van der Waals surface area contributed by atoms with Crippen LogP contribution >= 0.6 is 0 Å². The molecule has 6 nitrogen and oxygen atoms in total. The standard InChI is InChI=1S/C22H40O6/c1-2-3-4-5-6-10-13-16-27-21(25)14-11-8-7-9-12-15-22(26)28-19-20(17-23)18-24/h10,13,20,23-24H,2-9,11-12,14-19H2,1H3. The van der Waals surface area contributed by atoms with Crippen LogP contribution in [0.25, 0.3) is 0 Å². The maximum Gasteiger partial charge on any atom is 0.306 e. The second kappa shape index (κ2) is 20.3. The zero-order chi connectivity index (χ0) is 20.9. The van der Waals surface area contributed by atoms with Crippen LogP contribution in [0.1, 0.15) is 84.0 Å². The third kappa shape index (κ3) is 18.0. The molecule has 0 radical (unpaired) electrons. The maximum absolute atomic E-state index is 11.6. The number of aliphatic hydroxyl groups is 2. The van der Waals surface area contributed by atoms with Gasteiger partial charge in [0.05, 0.1) is 19.8 Å². The minimum Gasteiger partial charge on any atom is -0.465 e. The molecule has 0 aliphatic rings. The van der Waals surface area contributed by atoms with E-state index < -0.39 is 5.92 Å². The van der Waals surface area contributed by atoms with Gasteiger partial charge in [0.1, 0.15) is 6.61 Å². The molecule has 0 saturated carbocycles. The van der Waals surface area contributed by atoms with Gasteiger partial charge in [-0.2, -0.15) is 0 Å². The van der Waals surface area contributed by atoms with Crippen molar-refractivity contribution in [2.24, 2.45) is 5.92 Å². The highest BCUT2D eigenvalue weighted by molar-refractivity contribution is 5.69. The zero-order valence-corrected chi connectivity index (χ0v) is 17.6. The number of rotatable bonds is 19. The first kappa shape index (κ1) is 26.6. The van der Waals surface area contributed by atoms with Crippen LogP contribution in [0.3, 0.4) is 0 Å². The van der Waals surface area contributed by atoms with Crippen LogP contribution in [0.4, 0.5) is 0 Å². The van der Waals surface area contributed by atoms with Crippen molar-refractivity contribution in [1.29, 1.82) is 0 Å². The van der Waals surface area contributed by atoms with Crippen molar-refractivity contribution < 1.29 is 29.3 Å². The molecule has 0 amide bonds. The molecular formula is C22H40O6. The molecule has 0 fully saturated rings. The Balaban J connectivity index is 3.42. The number of aliphatic hydroxyl groups excluding tert-OH is 2. The quantitative estimate of drug-likeness (QED) is 0.194. The van der Waals surface area contributed by atoms with Crippen LogP contribution in [-0.2, 0) is 19.1 Å². The number of hydrogen-bond acceptors (Lipinski definition) is 6. The molecule has 0 spiro atoms. The molecule has 0 atom stereocenters. The summed E-state index contributed by atoms with van der Waals surface area (Å²) in [5.74, 6) is -0.847. The minimum atomic E-state index is -0.398. The zero-order valence-electron chi connectivity index (χ0n) is 17.6. The Morgan fingerprint density at radius 2 is 1.36 bits per heavy atom. The number of allylic oxidation sites excluding steroid dienone is 1. The third-order valence-electron chi connectivity index (χ3n) is 4.49.